The highest BCUT2D eigenvalue weighted by Crippen LogP contribution is 2.27. The summed E-state index contributed by atoms with van der Waals surface area (Å²) in [4.78, 5) is 21.4. The number of nitrogens with one attached hydrogen (secondary N) is 2. The molecule has 0 aromatic rings. The summed E-state index contributed by atoms with van der Waals surface area (Å²) >= 11 is 0. The molecule has 0 radical (unpaired) electrons. The number of guanidine groups is 1. The van der Waals surface area contributed by atoms with E-state index in [0.29, 0.717) is 17.9 Å². The second-order valence-electron chi connectivity index (χ2n) is 8.10. The summed E-state index contributed by atoms with van der Waals surface area (Å²) in [5, 5.41) is 7.02. The normalized spacial score (nSPS) is 27.0. The number of likely N-dealkylation sites (tertiary alicyclic amines) is 2. The van der Waals surface area contributed by atoms with Crippen LogP contribution < -0.4 is 10.6 Å². The van der Waals surface area contributed by atoms with Crippen LogP contribution in [0.1, 0.15) is 44.9 Å². The number of rotatable bonds is 4. The highest BCUT2D eigenvalue weighted by molar-refractivity contribution is 5.81. The zero-order valence-corrected chi connectivity index (χ0v) is 16.0. The van der Waals surface area contributed by atoms with E-state index in [4.69, 9.17) is 0 Å². The minimum absolute atomic E-state index is 0.292. The molecular weight excluding hydrogens is 314 g/mol. The Bertz CT molecular complexity index is 466. The van der Waals surface area contributed by atoms with Crippen LogP contribution in [0.2, 0.25) is 0 Å². The smallest absolute Gasteiger partial charge is 0.225 e. The summed E-state index contributed by atoms with van der Waals surface area (Å²) in [6.45, 7) is 5.09. The quantitative estimate of drug-likeness (QED) is 0.593. The van der Waals surface area contributed by atoms with Crippen molar-refractivity contribution in [2.45, 2.75) is 51.0 Å². The summed E-state index contributed by atoms with van der Waals surface area (Å²) in [6, 6.07) is 0.328. The Morgan fingerprint density at radius 3 is 2.48 bits per heavy atom. The van der Waals surface area contributed by atoms with Gasteiger partial charge in [-0.2, -0.15) is 0 Å². The number of amides is 1. The number of piperidine rings is 1. The molecule has 2 saturated heterocycles. The molecule has 0 spiro atoms. The minimum Gasteiger partial charge on any atom is -0.356 e. The molecule has 2 aliphatic heterocycles. The first-order valence-corrected chi connectivity index (χ1v) is 10.1. The van der Waals surface area contributed by atoms with Gasteiger partial charge in [-0.25, -0.2) is 0 Å². The van der Waals surface area contributed by atoms with Crippen LogP contribution in [0.4, 0.5) is 0 Å². The van der Waals surface area contributed by atoms with Crippen LogP contribution in [0.5, 0.6) is 0 Å². The maximum Gasteiger partial charge on any atom is 0.225 e. The number of hydrogen-bond donors (Lipinski definition) is 2. The molecule has 3 fully saturated rings. The van der Waals surface area contributed by atoms with E-state index in [-0.39, 0.29) is 0 Å². The third kappa shape index (κ3) is 5.09. The second-order valence-corrected chi connectivity index (χ2v) is 8.10. The number of hydrogen-bond acceptors (Lipinski definition) is 3. The molecule has 142 valence electrons. The van der Waals surface area contributed by atoms with Gasteiger partial charge in [0.15, 0.2) is 5.96 Å². The first-order valence-electron chi connectivity index (χ1n) is 10.1. The lowest BCUT2D eigenvalue weighted by molar-refractivity contribution is -0.134. The lowest BCUT2D eigenvalue weighted by atomic mass is 9.97. The number of nitrogens with zero attached hydrogens (tertiary/aromatic N) is 3. The first-order chi connectivity index (χ1) is 12.2. The molecule has 3 aliphatic rings. The van der Waals surface area contributed by atoms with Gasteiger partial charge in [0.05, 0.1) is 0 Å². The fourth-order valence-corrected chi connectivity index (χ4v) is 4.40. The zero-order valence-electron chi connectivity index (χ0n) is 16.0. The molecule has 0 aromatic carbocycles. The highest BCUT2D eigenvalue weighted by atomic mass is 16.2. The third-order valence-corrected chi connectivity index (χ3v) is 6.17. The van der Waals surface area contributed by atoms with Gasteiger partial charge in [0.1, 0.15) is 0 Å². The molecule has 3 rings (SSSR count). The number of aliphatic imine (C=N–C) groups is 1. The Morgan fingerprint density at radius 1 is 1.08 bits per heavy atom. The van der Waals surface area contributed by atoms with Crippen molar-refractivity contribution in [1.29, 1.82) is 0 Å². The Labute approximate surface area is 152 Å². The molecular formula is C19H35N5O. The van der Waals surface area contributed by atoms with Gasteiger partial charge in [-0.15, -0.1) is 0 Å². The van der Waals surface area contributed by atoms with Crippen LogP contribution in [0.15, 0.2) is 4.99 Å². The summed E-state index contributed by atoms with van der Waals surface area (Å²) in [7, 11) is 4.03. The average Bonchev–Trinajstić information content (AvgIpc) is 3.31. The van der Waals surface area contributed by atoms with Crippen molar-refractivity contribution in [3.63, 3.8) is 0 Å². The largest absolute Gasteiger partial charge is 0.356 e. The van der Waals surface area contributed by atoms with Gasteiger partial charge in [-0.3, -0.25) is 9.79 Å². The highest BCUT2D eigenvalue weighted by Gasteiger charge is 2.32. The van der Waals surface area contributed by atoms with Crippen molar-refractivity contribution in [2.24, 2.45) is 16.8 Å². The van der Waals surface area contributed by atoms with E-state index in [2.05, 4.69) is 32.5 Å². The zero-order chi connectivity index (χ0) is 17.6. The predicted octanol–water partition coefficient (Wildman–Crippen LogP) is 1.28. The van der Waals surface area contributed by atoms with E-state index in [1.54, 1.807) is 0 Å². The Kier molecular flexibility index (Phi) is 6.57. The van der Waals surface area contributed by atoms with Crippen molar-refractivity contribution in [3.8, 4) is 0 Å². The van der Waals surface area contributed by atoms with Gasteiger partial charge in [0, 0.05) is 38.6 Å². The van der Waals surface area contributed by atoms with Crippen LogP contribution in [0.3, 0.4) is 0 Å². The summed E-state index contributed by atoms with van der Waals surface area (Å²) in [5.74, 6) is 2.30. The molecule has 1 atom stereocenters. The molecule has 1 aliphatic carbocycles. The minimum atomic E-state index is 0.292. The molecule has 1 saturated carbocycles. The van der Waals surface area contributed by atoms with Crippen molar-refractivity contribution >= 4 is 11.9 Å². The monoisotopic (exact) mass is 349 g/mol. The van der Waals surface area contributed by atoms with E-state index in [1.165, 1.54) is 38.8 Å². The standard InChI is InChI=1S/C19H35N5O/c1-20-19(21-13-15-7-10-23(2)11-8-15)22-17-9-12-24(14-17)18(25)16-5-3-4-6-16/h15-17H,3-14H2,1-2H3,(H2,20,21,22). The van der Waals surface area contributed by atoms with Crippen molar-refractivity contribution < 1.29 is 4.79 Å². The molecule has 2 heterocycles. The lowest BCUT2D eigenvalue weighted by Gasteiger charge is -2.29. The molecule has 6 heteroatoms. The number of carbonyl (C=O) groups excluding carboxylic acids is 1. The van der Waals surface area contributed by atoms with Gasteiger partial charge in [0.2, 0.25) is 5.91 Å². The summed E-state index contributed by atoms with van der Waals surface area (Å²) in [6.07, 6.45) is 8.16. The van der Waals surface area contributed by atoms with Gasteiger partial charge < -0.3 is 20.4 Å². The molecule has 25 heavy (non-hydrogen) atoms. The second kappa shape index (κ2) is 8.88. The Balaban J connectivity index is 1.39. The van der Waals surface area contributed by atoms with Crippen LogP contribution in [0, 0.1) is 11.8 Å². The fraction of sp³-hybridized carbons (Fsp3) is 0.895. The van der Waals surface area contributed by atoms with E-state index in [9.17, 15) is 4.79 Å². The van der Waals surface area contributed by atoms with Crippen molar-refractivity contribution in [2.75, 3.05) is 46.8 Å². The Morgan fingerprint density at radius 2 is 1.80 bits per heavy atom. The Hall–Kier alpha value is -1.30. The van der Waals surface area contributed by atoms with Crippen LogP contribution in [-0.2, 0) is 4.79 Å². The van der Waals surface area contributed by atoms with Crippen molar-refractivity contribution in [3.05, 3.63) is 0 Å². The first kappa shape index (κ1) is 18.5. The molecule has 0 bridgehead atoms. The topological polar surface area (TPSA) is 60.0 Å². The fourth-order valence-electron chi connectivity index (χ4n) is 4.40. The molecule has 1 amide bonds. The lowest BCUT2D eigenvalue weighted by Crippen LogP contribution is -2.47. The van der Waals surface area contributed by atoms with Gasteiger partial charge >= 0.3 is 0 Å². The van der Waals surface area contributed by atoms with E-state index in [0.717, 1.165) is 50.8 Å². The molecule has 6 nitrogen and oxygen atoms in total. The molecule has 2 N–H and O–H groups in total. The van der Waals surface area contributed by atoms with Crippen molar-refractivity contribution in [1.82, 2.24) is 20.4 Å². The van der Waals surface area contributed by atoms with E-state index >= 15 is 0 Å². The predicted molar refractivity (Wildman–Crippen MR) is 102 cm³/mol. The van der Waals surface area contributed by atoms with Gasteiger partial charge in [-0.1, -0.05) is 12.8 Å². The summed E-state index contributed by atoms with van der Waals surface area (Å²) < 4.78 is 0. The van der Waals surface area contributed by atoms with Crippen LogP contribution in [-0.4, -0.2) is 74.5 Å². The number of carbonyl (C=O) groups is 1. The third-order valence-electron chi connectivity index (χ3n) is 6.17. The van der Waals surface area contributed by atoms with Crippen LogP contribution in [0.25, 0.3) is 0 Å². The average molecular weight is 350 g/mol. The maximum atomic E-state index is 12.6. The maximum absolute atomic E-state index is 12.6. The van der Waals surface area contributed by atoms with E-state index in [1.807, 2.05) is 7.05 Å². The van der Waals surface area contributed by atoms with Gasteiger partial charge in [0.25, 0.3) is 0 Å². The molecule has 0 aromatic heterocycles. The SMILES string of the molecule is CN=C(NCC1CCN(C)CC1)NC1CCN(C(=O)C2CCCC2)C1. The molecule has 1 unspecified atom stereocenters. The van der Waals surface area contributed by atoms with E-state index < -0.39 is 0 Å². The van der Waals surface area contributed by atoms with Gasteiger partial charge in [-0.05, 0) is 58.2 Å². The summed E-state index contributed by atoms with van der Waals surface area (Å²) in [5.41, 5.74) is 0. The van der Waals surface area contributed by atoms with Crippen LogP contribution >= 0.6 is 0 Å².